The van der Waals surface area contributed by atoms with Crippen molar-refractivity contribution in [3.63, 3.8) is 0 Å². The van der Waals surface area contributed by atoms with Crippen LogP contribution in [0.4, 0.5) is 17.3 Å². The van der Waals surface area contributed by atoms with Crippen LogP contribution in [0, 0.1) is 0 Å². The number of rotatable bonds is 9. The van der Waals surface area contributed by atoms with Crippen molar-refractivity contribution < 1.29 is 9.53 Å². The number of pyridine rings is 1. The lowest BCUT2D eigenvalue weighted by molar-refractivity contribution is -0.123. The summed E-state index contributed by atoms with van der Waals surface area (Å²) in [4.78, 5) is 15.9. The Balaban J connectivity index is 1.35. The quantitative estimate of drug-likeness (QED) is 0.444. The number of hydrogen-bond donors (Lipinski definition) is 3. The van der Waals surface area contributed by atoms with Crippen LogP contribution in [0.1, 0.15) is 0 Å². The van der Waals surface area contributed by atoms with Crippen LogP contribution in [0.2, 0.25) is 10.0 Å². The number of aromatic nitrogens is 3. The maximum atomic E-state index is 11.8. The molecule has 0 bridgehead atoms. The average molecular weight is 433 g/mol. The molecule has 10 heteroatoms. The van der Waals surface area contributed by atoms with Crippen molar-refractivity contribution in [2.45, 2.75) is 0 Å². The van der Waals surface area contributed by atoms with Gasteiger partial charge in [0.2, 0.25) is 0 Å². The van der Waals surface area contributed by atoms with E-state index in [-0.39, 0.29) is 12.5 Å². The van der Waals surface area contributed by atoms with E-state index in [0.29, 0.717) is 40.5 Å². The number of nitrogens with one attached hydrogen (secondary N) is 3. The molecule has 0 radical (unpaired) electrons. The Morgan fingerprint density at radius 1 is 1.03 bits per heavy atom. The molecule has 0 atom stereocenters. The first kappa shape index (κ1) is 20.6. The smallest absolute Gasteiger partial charge is 0.258 e. The van der Waals surface area contributed by atoms with E-state index in [2.05, 4.69) is 31.1 Å². The summed E-state index contributed by atoms with van der Waals surface area (Å²) in [6, 6.07) is 12.1. The fourth-order valence-electron chi connectivity index (χ4n) is 2.26. The molecule has 8 nitrogen and oxygen atoms in total. The molecular weight excluding hydrogens is 415 g/mol. The van der Waals surface area contributed by atoms with Gasteiger partial charge in [0, 0.05) is 24.3 Å². The zero-order valence-corrected chi connectivity index (χ0v) is 16.7. The molecule has 0 fully saturated rings. The van der Waals surface area contributed by atoms with Crippen molar-refractivity contribution in [1.29, 1.82) is 0 Å². The van der Waals surface area contributed by atoms with Crippen LogP contribution in [0.25, 0.3) is 0 Å². The van der Waals surface area contributed by atoms with Gasteiger partial charge in [-0.3, -0.25) is 9.78 Å². The van der Waals surface area contributed by atoms with Crippen molar-refractivity contribution in [3.05, 3.63) is 64.9 Å². The van der Waals surface area contributed by atoms with E-state index in [1.165, 1.54) is 0 Å². The van der Waals surface area contributed by atoms with Gasteiger partial charge >= 0.3 is 0 Å². The number of ether oxygens (including phenoxy) is 1. The van der Waals surface area contributed by atoms with Crippen molar-refractivity contribution in [3.8, 4) is 5.75 Å². The van der Waals surface area contributed by atoms with Crippen LogP contribution in [0.3, 0.4) is 0 Å². The van der Waals surface area contributed by atoms with E-state index >= 15 is 0 Å². The van der Waals surface area contributed by atoms with E-state index < -0.39 is 0 Å². The summed E-state index contributed by atoms with van der Waals surface area (Å²) in [5.74, 6) is 1.34. The first-order valence-electron chi connectivity index (χ1n) is 8.69. The Labute approximate surface area is 177 Å². The van der Waals surface area contributed by atoms with Crippen LogP contribution in [-0.4, -0.2) is 40.8 Å². The molecule has 1 amide bonds. The lowest BCUT2D eigenvalue weighted by Crippen LogP contribution is -2.32. The highest BCUT2D eigenvalue weighted by molar-refractivity contribution is 6.35. The predicted molar refractivity (Wildman–Crippen MR) is 113 cm³/mol. The fraction of sp³-hybridized carbons (Fsp3) is 0.158. The van der Waals surface area contributed by atoms with E-state index in [0.717, 1.165) is 5.69 Å². The number of amides is 1. The number of anilines is 3. The van der Waals surface area contributed by atoms with Crippen LogP contribution in [-0.2, 0) is 4.79 Å². The van der Waals surface area contributed by atoms with Crippen molar-refractivity contribution >= 4 is 46.4 Å². The minimum atomic E-state index is -0.264. The third kappa shape index (κ3) is 6.78. The Bertz CT molecular complexity index is 941. The second kappa shape index (κ2) is 10.4. The third-order valence-corrected chi connectivity index (χ3v) is 4.13. The highest BCUT2D eigenvalue weighted by atomic mass is 35.5. The molecule has 150 valence electrons. The lowest BCUT2D eigenvalue weighted by atomic mass is 10.3. The van der Waals surface area contributed by atoms with Crippen LogP contribution < -0.4 is 20.7 Å². The minimum absolute atomic E-state index is 0.143. The maximum absolute atomic E-state index is 11.8. The van der Waals surface area contributed by atoms with E-state index in [9.17, 15) is 4.79 Å². The minimum Gasteiger partial charge on any atom is -0.482 e. The Morgan fingerprint density at radius 3 is 2.59 bits per heavy atom. The number of carbonyl (C=O) groups excluding carboxylic acids is 1. The lowest BCUT2D eigenvalue weighted by Gasteiger charge is -2.10. The van der Waals surface area contributed by atoms with Gasteiger partial charge in [0.1, 0.15) is 11.6 Å². The molecule has 0 saturated heterocycles. The monoisotopic (exact) mass is 432 g/mol. The second-order valence-electron chi connectivity index (χ2n) is 5.81. The van der Waals surface area contributed by atoms with Crippen LogP contribution >= 0.6 is 23.2 Å². The zero-order valence-electron chi connectivity index (χ0n) is 15.2. The predicted octanol–water partition coefficient (Wildman–Crippen LogP) is 3.53. The van der Waals surface area contributed by atoms with Gasteiger partial charge in [-0.05, 0) is 42.5 Å². The summed E-state index contributed by atoms with van der Waals surface area (Å²) in [7, 11) is 0. The number of benzene rings is 1. The normalized spacial score (nSPS) is 10.3. The second-order valence-corrected chi connectivity index (χ2v) is 6.65. The van der Waals surface area contributed by atoms with Crippen LogP contribution in [0.15, 0.2) is 54.9 Å². The third-order valence-electron chi connectivity index (χ3n) is 3.60. The highest BCUT2D eigenvalue weighted by Gasteiger charge is 2.06. The number of halogens is 2. The van der Waals surface area contributed by atoms with Gasteiger partial charge in [0.15, 0.2) is 12.4 Å². The van der Waals surface area contributed by atoms with Gasteiger partial charge in [-0.1, -0.05) is 23.2 Å². The summed E-state index contributed by atoms with van der Waals surface area (Å²) in [6.45, 7) is 0.737. The van der Waals surface area contributed by atoms with Crippen molar-refractivity contribution in [2.75, 3.05) is 30.3 Å². The molecule has 3 aromatic rings. The summed E-state index contributed by atoms with van der Waals surface area (Å²) >= 11 is 11.8. The summed E-state index contributed by atoms with van der Waals surface area (Å²) in [5, 5.41) is 17.9. The molecule has 2 heterocycles. The molecule has 2 aromatic heterocycles. The van der Waals surface area contributed by atoms with Gasteiger partial charge in [-0.2, -0.15) is 0 Å². The molecule has 0 saturated carbocycles. The topological polar surface area (TPSA) is 101 Å². The number of nitrogens with zero attached hydrogens (tertiary/aromatic N) is 3. The highest BCUT2D eigenvalue weighted by Crippen LogP contribution is 2.27. The molecule has 0 unspecified atom stereocenters. The number of hydrogen-bond acceptors (Lipinski definition) is 7. The van der Waals surface area contributed by atoms with Gasteiger partial charge in [0.25, 0.3) is 5.91 Å². The molecule has 3 N–H and O–H groups in total. The Hall–Kier alpha value is -3.10. The van der Waals surface area contributed by atoms with E-state index in [1.807, 2.05) is 12.1 Å². The molecule has 0 aliphatic carbocycles. The molecule has 29 heavy (non-hydrogen) atoms. The summed E-state index contributed by atoms with van der Waals surface area (Å²) < 4.78 is 5.37. The summed E-state index contributed by atoms with van der Waals surface area (Å²) in [5.41, 5.74) is 0.826. The molecule has 1 aromatic carbocycles. The molecule has 0 spiro atoms. The largest absolute Gasteiger partial charge is 0.482 e. The first-order valence-corrected chi connectivity index (χ1v) is 9.45. The maximum Gasteiger partial charge on any atom is 0.258 e. The average Bonchev–Trinajstić information content (AvgIpc) is 2.72. The van der Waals surface area contributed by atoms with Crippen LogP contribution in [0.5, 0.6) is 5.75 Å². The van der Waals surface area contributed by atoms with Gasteiger partial charge in [0.05, 0.1) is 16.9 Å². The van der Waals surface area contributed by atoms with E-state index in [1.54, 1.807) is 42.7 Å². The standard InChI is InChI=1S/C19H18Cl2N6O2/c20-13-3-4-16(15(21)10-13)29-12-19(28)24-9-8-23-17-5-6-18(27-26-17)25-14-2-1-7-22-11-14/h1-7,10-11H,8-9,12H2,(H,23,26)(H,24,28)(H,25,27). The number of carbonyl (C=O) groups is 1. The molecule has 0 aliphatic heterocycles. The Kier molecular flexibility index (Phi) is 7.43. The van der Waals surface area contributed by atoms with Gasteiger partial charge < -0.3 is 20.7 Å². The van der Waals surface area contributed by atoms with Crippen molar-refractivity contribution in [1.82, 2.24) is 20.5 Å². The van der Waals surface area contributed by atoms with Gasteiger partial charge in [-0.25, -0.2) is 0 Å². The first-order chi connectivity index (χ1) is 14.1. The summed E-state index contributed by atoms with van der Waals surface area (Å²) in [6.07, 6.45) is 3.39. The fourth-order valence-corrected chi connectivity index (χ4v) is 2.72. The van der Waals surface area contributed by atoms with E-state index in [4.69, 9.17) is 27.9 Å². The SMILES string of the molecule is O=C(COc1ccc(Cl)cc1Cl)NCCNc1ccc(Nc2cccnc2)nn1. The molecule has 3 rings (SSSR count). The molecule has 0 aliphatic rings. The van der Waals surface area contributed by atoms with Gasteiger partial charge in [-0.15, -0.1) is 10.2 Å². The Morgan fingerprint density at radius 2 is 1.86 bits per heavy atom. The zero-order chi connectivity index (χ0) is 20.5. The van der Waals surface area contributed by atoms with Crippen molar-refractivity contribution in [2.24, 2.45) is 0 Å². The molecular formula is C19H18Cl2N6O2.